The fraction of sp³-hybridized carbons (Fsp3) is 0.455. The van der Waals surface area contributed by atoms with Gasteiger partial charge in [0.05, 0.1) is 18.8 Å². The SMILES string of the molecule is OC[C@H]1O[C@@H](c2cc(F)cc(F)c2)C[C@@H]1O. The molecule has 2 rings (SSSR count). The number of aliphatic hydroxyl groups is 2. The molecule has 0 aromatic heterocycles. The van der Waals surface area contributed by atoms with E-state index >= 15 is 0 Å². The number of rotatable bonds is 2. The minimum absolute atomic E-state index is 0.230. The predicted octanol–water partition coefficient (Wildman–Crippen LogP) is 1.15. The van der Waals surface area contributed by atoms with Crippen molar-refractivity contribution in [1.82, 2.24) is 0 Å². The fourth-order valence-electron chi connectivity index (χ4n) is 1.87. The van der Waals surface area contributed by atoms with Gasteiger partial charge in [0.2, 0.25) is 0 Å². The lowest BCUT2D eigenvalue weighted by molar-refractivity contribution is -0.0226. The van der Waals surface area contributed by atoms with E-state index < -0.39 is 29.9 Å². The Morgan fingerprint density at radius 3 is 2.38 bits per heavy atom. The second kappa shape index (κ2) is 4.45. The molecule has 0 aliphatic carbocycles. The maximum absolute atomic E-state index is 13.0. The molecule has 0 unspecified atom stereocenters. The van der Waals surface area contributed by atoms with Crippen LogP contribution in [0, 0.1) is 11.6 Å². The van der Waals surface area contributed by atoms with Crippen LogP contribution < -0.4 is 0 Å². The number of hydrogen-bond acceptors (Lipinski definition) is 3. The van der Waals surface area contributed by atoms with Crippen LogP contribution in [-0.2, 0) is 4.74 Å². The molecule has 1 fully saturated rings. The van der Waals surface area contributed by atoms with Crippen molar-refractivity contribution in [3.05, 3.63) is 35.4 Å². The number of ether oxygens (including phenoxy) is 1. The molecule has 0 amide bonds. The van der Waals surface area contributed by atoms with Crippen molar-refractivity contribution in [3.8, 4) is 0 Å². The molecule has 1 aliphatic heterocycles. The van der Waals surface area contributed by atoms with Gasteiger partial charge in [-0.05, 0) is 17.7 Å². The Morgan fingerprint density at radius 2 is 1.88 bits per heavy atom. The molecule has 3 nitrogen and oxygen atoms in total. The molecule has 0 spiro atoms. The van der Waals surface area contributed by atoms with Gasteiger partial charge in [-0.1, -0.05) is 0 Å². The van der Waals surface area contributed by atoms with Crippen molar-refractivity contribution in [2.45, 2.75) is 24.7 Å². The van der Waals surface area contributed by atoms with Gasteiger partial charge < -0.3 is 14.9 Å². The summed E-state index contributed by atoms with van der Waals surface area (Å²) in [5.41, 5.74) is 0.340. The lowest BCUT2D eigenvalue weighted by atomic mass is 10.0. The van der Waals surface area contributed by atoms with Crippen molar-refractivity contribution >= 4 is 0 Å². The van der Waals surface area contributed by atoms with Crippen molar-refractivity contribution in [3.63, 3.8) is 0 Å². The van der Waals surface area contributed by atoms with E-state index in [2.05, 4.69) is 0 Å². The van der Waals surface area contributed by atoms with Gasteiger partial charge in [0.15, 0.2) is 0 Å². The number of benzene rings is 1. The Bertz CT molecular complexity index is 363. The second-order valence-corrected chi connectivity index (χ2v) is 3.85. The first-order valence-corrected chi connectivity index (χ1v) is 5.00. The largest absolute Gasteiger partial charge is 0.394 e. The summed E-state index contributed by atoms with van der Waals surface area (Å²) in [6, 6.07) is 3.11. The van der Waals surface area contributed by atoms with Gasteiger partial charge in [-0.2, -0.15) is 0 Å². The van der Waals surface area contributed by atoms with Gasteiger partial charge in [0, 0.05) is 12.5 Å². The summed E-state index contributed by atoms with van der Waals surface area (Å²) in [6.45, 7) is -0.310. The Labute approximate surface area is 91.3 Å². The molecule has 88 valence electrons. The summed E-state index contributed by atoms with van der Waals surface area (Å²) in [6.07, 6.45) is -1.83. The van der Waals surface area contributed by atoms with E-state index in [1.165, 1.54) is 12.1 Å². The Kier molecular flexibility index (Phi) is 3.18. The first kappa shape index (κ1) is 11.4. The van der Waals surface area contributed by atoms with E-state index in [1.807, 2.05) is 0 Å². The van der Waals surface area contributed by atoms with Crippen LogP contribution in [0.1, 0.15) is 18.1 Å². The standard InChI is InChI=1S/C11H12F2O3/c12-7-1-6(2-8(13)3-7)10-4-9(15)11(5-14)16-10/h1-3,9-11,14-15H,4-5H2/t9-,10+,11+/m0/s1. The molecule has 1 aromatic rings. The molecule has 0 saturated carbocycles. The highest BCUT2D eigenvalue weighted by molar-refractivity contribution is 5.21. The van der Waals surface area contributed by atoms with Crippen molar-refractivity contribution in [2.75, 3.05) is 6.61 Å². The molecule has 1 aliphatic rings. The van der Waals surface area contributed by atoms with E-state index in [-0.39, 0.29) is 13.0 Å². The third kappa shape index (κ3) is 2.21. The average molecular weight is 230 g/mol. The lowest BCUT2D eigenvalue weighted by Crippen LogP contribution is -2.24. The van der Waals surface area contributed by atoms with Crippen LogP contribution in [-0.4, -0.2) is 29.0 Å². The van der Waals surface area contributed by atoms with E-state index in [9.17, 15) is 13.9 Å². The molecule has 1 aromatic carbocycles. The summed E-state index contributed by atoms with van der Waals surface area (Å²) in [7, 11) is 0. The van der Waals surface area contributed by atoms with Crippen LogP contribution in [0.5, 0.6) is 0 Å². The van der Waals surface area contributed by atoms with Crippen molar-refractivity contribution < 1.29 is 23.7 Å². The normalized spacial score (nSPS) is 29.6. The highest BCUT2D eigenvalue weighted by Crippen LogP contribution is 2.33. The smallest absolute Gasteiger partial charge is 0.126 e. The molecule has 16 heavy (non-hydrogen) atoms. The van der Waals surface area contributed by atoms with Crippen LogP contribution in [0.15, 0.2) is 18.2 Å². The second-order valence-electron chi connectivity index (χ2n) is 3.85. The van der Waals surface area contributed by atoms with E-state index in [4.69, 9.17) is 9.84 Å². The average Bonchev–Trinajstić information content (AvgIpc) is 2.58. The van der Waals surface area contributed by atoms with Crippen LogP contribution >= 0.6 is 0 Å². The van der Waals surface area contributed by atoms with Crippen LogP contribution in [0.3, 0.4) is 0 Å². The molecule has 3 atom stereocenters. The fourth-order valence-corrected chi connectivity index (χ4v) is 1.87. The number of hydrogen-bond donors (Lipinski definition) is 2. The molecular weight excluding hydrogens is 218 g/mol. The zero-order valence-corrected chi connectivity index (χ0v) is 8.44. The molecule has 1 saturated heterocycles. The molecule has 0 radical (unpaired) electrons. The monoisotopic (exact) mass is 230 g/mol. The zero-order chi connectivity index (χ0) is 11.7. The van der Waals surface area contributed by atoms with E-state index in [0.29, 0.717) is 5.56 Å². The summed E-state index contributed by atoms with van der Waals surface area (Å²) >= 11 is 0. The van der Waals surface area contributed by atoms with Gasteiger partial charge in [-0.15, -0.1) is 0 Å². The maximum Gasteiger partial charge on any atom is 0.126 e. The summed E-state index contributed by atoms with van der Waals surface area (Å²) < 4.78 is 31.2. The summed E-state index contributed by atoms with van der Waals surface area (Å²) in [5, 5.41) is 18.4. The Balaban J connectivity index is 2.19. The van der Waals surface area contributed by atoms with Crippen LogP contribution in [0.25, 0.3) is 0 Å². The molecule has 2 N–H and O–H groups in total. The first-order valence-electron chi connectivity index (χ1n) is 5.00. The molecule has 5 heteroatoms. The van der Waals surface area contributed by atoms with Gasteiger partial charge in [0.25, 0.3) is 0 Å². The molecular formula is C11H12F2O3. The quantitative estimate of drug-likeness (QED) is 0.801. The van der Waals surface area contributed by atoms with Crippen molar-refractivity contribution in [1.29, 1.82) is 0 Å². The van der Waals surface area contributed by atoms with E-state index in [1.54, 1.807) is 0 Å². The summed E-state index contributed by atoms with van der Waals surface area (Å²) in [4.78, 5) is 0. The van der Waals surface area contributed by atoms with E-state index in [0.717, 1.165) is 6.07 Å². The predicted molar refractivity (Wildman–Crippen MR) is 51.7 cm³/mol. The first-order chi connectivity index (χ1) is 7.60. The number of aliphatic hydroxyl groups excluding tert-OH is 2. The summed E-state index contributed by atoms with van der Waals surface area (Å²) in [5.74, 6) is -1.36. The molecule has 0 bridgehead atoms. The van der Waals surface area contributed by atoms with Crippen molar-refractivity contribution in [2.24, 2.45) is 0 Å². The van der Waals surface area contributed by atoms with Gasteiger partial charge in [-0.3, -0.25) is 0 Å². The van der Waals surface area contributed by atoms with Gasteiger partial charge in [0.1, 0.15) is 17.7 Å². The minimum Gasteiger partial charge on any atom is -0.394 e. The van der Waals surface area contributed by atoms with Crippen LogP contribution in [0.2, 0.25) is 0 Å². The highest BCUT2D eigenvalue weighted by atomic mass is 19.1. The lowest BCUT2D eigenvalue weighted by Gasteiger charge is -2.12. The minimum atomic E-state index is -0.804. The zero-order valence-electron chi connectivity index (χ0n) is 8.44. The Morgan fingerprint density at radius 1 is 1.25 bits per heavy atom. The van der Waals surface area contributed by atoms with Crippen LogP contribution in [0.4, 0.5) is 8.78 Å². The third-order valence-corrected chi connectivity index (χ3v) is 2.66. The Hall–Kier alpha value is -1.04. The maximum atomic E-state index is 13.0. The third-order valence-electron chi connectivity index (χ3n) is 2.66. The van der Waals surface area contributed by atoms with Gasteiger partial charge >= 0.3 is 0 Å². The topological polar surface area (TPSA) is 49.7 Å². The molecule has 1 heterocycles. The highest BCUT2D eigenvalue weighted by Gasteiger charge is 2.34. The van der Waals surface area contributed by atoms with Gasteiger partial charge in [-0.25, -0.2) is 8.78 Å². The number of halogens is 2.